The highest BCUT2D eigenvalue weighted by Crippen LogP contribution is 2.32. The molecule has 1 N–H and O–H groups in total. The van der Waals surface area contributed by atoms with E-state index in [1.807, 2.05) is 24.3 Å². The van der Waals surface area contributed by atoms with Crippen molar-refractivity contribution in [1.82, 2.24) is 4.98 Å². The predicted molar refractivity (Wildman–Crippen MR) is 84.7 cm³/mol. The molecule has 3 nitrogen and oxygen atoms in total. The Morgan fingerprint density at radius 3 is 2.48 bits per heavy atom. The first kappa shape index (κ1) is 14.2. The van der Waals surface area contributed by atoms with Gasteiger partial charge in [0.25, 0.3) is 0 Å². The van der Waals surface area contributed by atoms with Crippen LogP contribution >= 0.6 is 11.6 Å². The number of hydrogen-bond donors (Lipinski definition) is 1. The number of benzene rings is 2. The van der Waals surface area contributed by atoms with Crippen molar-refractivity contribution in [3.05, 3.63) is 58.7 Å². The Hall–Kier alpha value is -1.78. The van der Waals surface area contributed by atoms with E-state index in [1.165, 1.54) is 0 Å². The molecule has 0 spiro atoms. The van der Waals surface area contributed by atoms with Gasteiger partial charge in [-0.05, 0) is 43.7 Å². The third-order valence-electron chi connectivity index (χ3n) is 3.54. The Bertz CT molecular complexity index is 942. The van der Waals surface area contributed by atoms with E-state index in [1.54, 1.807) is 32.0 Å². The van der Waals surface area contributed by atoms with Crippen LogP contribution in [0.1, 0.15) is 11.3 Å². The Labute approximate surface area is 128 Å². The Balaban J connectivity index is 2.30. The fourth-order valence-corrected chi connectivity index (χ4v) is 4.35. The summed E-state index contributed by atoms with van der Waals surface area (Å²) < 4.78 is 25.9. The summed E-state index contributed by atoms with van der Waals surface area (Å²) >= 11 is 5.98. The average Bonchev–Trinajstić information content (AvgIpc) is 2.78. The summed E-state index contributed by atoms with van der Waals surface area (Å²) in [6, 6.07) is 12.2. The number of nitrogens with one attached hydrogen (secondary N) is 1. The molecule has 0 aliphatic heterocycles. The van der Waals surface area contributed by atoms with Gasteiger partial charge in [-0.3, -0.25) is 0 Å². The molecule has 3 aromatic rings. The number of aromatic nitrogens is 1. The molecule has 1 aromatic heterocycles. The van der Waals surface area contributed by atoms with Gasteiger partial charge in [0.15, 0.2) is 0 Å². The molecule has 3 rings (SSSR count). The van der Waals surface area contributed by atoms with Crippen molar-refractivity contribution in [2.75, 3.05) is 0 Å². The lowest BCUT2D eigenvalue weighted by Gasteiger charge is -2.07. The van der Waals surface area contributed by atoms with Crippen molar-refractivity contribution in [1.29, 1.82) is 0 Å². The van der Waals surface area contributed by atoms with E-state index in [4.69, 9.17) is 11.6 Å². The fourth-order valence-electron chi connectivity index (χ4n) is 2.50. The van der Waals surface area contributed by atoms with E-state index >= 15 is 0 Å². The summed E-state index contributed by atoms with van der Waals surface area (Å²) in [4.78, 5) is 3.72. The normalized spacial score (nSPS) is 12.0. The summed E-state index contributed by atoms with van der Waals surface area (Å²) in [6.07, 6.45) is 0. The van der Waals surface area contributed by atoms with Crippen LogP contribution in [0.15, 0.2) is 52.3 Å². The van der Waals surface area contributed by atoms with E-state index in [0.717, 1.165) is 11.1 Å². The molecular weight excluding hydrogens is 306 g/mol. The number of aryl methyl sites for hydroxylation is 2. The first-order chi connectivity index (χ1) is 9.91. The van der Waals surface area contributed by atoms with E-state index in [2.05, 4.69) is 4.98 Å². The van der Waals surface area contributed by atoms with Gasteiger partial charge in [0.2, 0.25) is 9.84 Å². The SMILES string of the molecule is Cc1cc(S(=O)(=O)c2c(C)[nH]c3ccccc23)ccc1Cl. The third kappa shape index (κ3) is 2.24. The smallest absolute Gasteiger partial charge is 0.208 e. The first-order valence-corrected chi connectivity index (χ1v) is 8.36. The zero-order valence-electron chi connectivity index (χ0n) is 11.6. The maximum absolute atomic E-state index is 12.9. The predicted octanol–water partition coefficient (Wildman–Crippen LogP) is 4.27. The highest BCUT2D eigenvalue weighted by molar-refractivity contribution is 7.91. The van der Waals surface area contributed by atoms with Crippen LogP contribution in [0.4, 0.5) is 0 Å². The Morgan fingerprint density at radius 1 is 1.05 bits per heavy atom. The molecule has 2 aromatic carbocycles. The number of para-hydroxylation sites is 1. The van der Waals surface area contributed by atoms with Crippen molar-refractivity contribution in [3.8, 4) is 0 Å². The van der Waals surface area contributed by atoms with Crippen LogP contribution in [-0.2, 0) is 9.84 Å². The standard InChI is InChI=1S/C16H14ClNO2S/c1-10-9-12(7-8-14(10)17)21(19,20)16-11(2)18-15-6-4-3-5-13(15)16/h3-9,18H,1-2H3. The minimum absolute atomic E-state index is 0.261. The maximum atomic E-state index is 12.9. The molecule has 0 aliphatic rings. The van der Waals surface area contributed by atoms with Gasteiger partial charge >= 0.3 is 0 Å². The van der Waals surface area contributed by atoms with Crippen LogP contribution in [0.2, 0.25) is 5.02 Å². The molecule has 0 unspecified atom stereocenters. The average molecular weight is 320 g/mol. The zero-order chi connectivity index (χ0) is 15.2. The summed E-state index contributed by atoms with van der Waals surface area (Å²) in [5, 5.41) is 1.27. The fraction of sp³-hybridized carbons (Fsp3) is 0.125. The van der Waals surface area contributed by atoms with Gasteiger partial charge in [-0.2, -0.15) is 0 Å². The van der Waals surface area contributed by atoms with Gasteiger partial charge < -0.3 is 4.98 Å². The van der Waals surface area contributed by atoms with Gasteiger partial charge in [0.05, 0.1) is 9.79 Å². The van der Waals surface area contributed by atoms with Crippen molar-refractivity contribution < 1.29 is 8.42 Å². The summed E-state index contributed by atoms with van der Waals surface area (Å²) in [5.41, 5.74) is 2.21. The minimum atomic E-state index is -3.58. The molecule has 5 heteroatoms. The summed E-state index contributed by atoms with van der Waals surface area (Å²) in [7, 11) is -3.58. The van der Waals surface area contributed by atoms with Gasteiger partial charge in [-0.25, -0.2) is 8.42 Å². The molecule has 21 heavy (non-hydrogen) atoms. The van der Waals surface area contributed by atoms with E-state index in [0.29, 0.717) is 21.0 Å². The lowest BCUT2D eigenvalue weighted by Crippen LogP contribution is -2.03. The Morgan fingerprint density at radius 2 is 1.76 bits per heavy atom. The lowest BCUT2D eigenvalue weighted by molar-refractivity contribution is 0.596. The van der Waals surface area contributed by atoms with E-state index in [9.17, 15) is 8.42 Å². The number of fused-ring (bicyclic) bond motifs is 1. The van der Waals surface area contributed by atoms with Gasteiger partial charge in [0, 0.05) is 21.6 Å². The minimum Gasteiger partial charge on any atom is -0.358 e. The van der Waals surface area contributed by atoms with Crippen molar-refractivity contribution in [2.24, 2.45) is 0 Å². The van der Waals surface area contributed by atoms with Crippen LogP contribution < -0.4 is 0 Å². The molecule has 0 bridgehead atoms. The second kappa shape index (κ2) is 4.90. The zero-order valence-corrected chi connectivity index (χ0v) is 13.2. The second-order valence-corrected chi connectivity index (χ2v) is 7.33. The number of rotatable bonds is 2. The van der Waals surface area contributed by atoms with Crippen LogP contribution in [0.25, 0.3) is 10.9 Å². The van der Waals surface area contributed by atoms with Crippen LogP contribution in [0, 0.1) is 13.8 Å². The van der Waals surface area contributed by atoms with Crippen molar-refractivity contribution >= 4 is 32.3 Å². The third-order valence-corrected chi connectivity index (χ3v) is 5.91. The van der Waals surface area contributed by atoms with E-state index in [-0.39, 0.29) is 4.90 Å². The van der Waals surface area contributed by atoms with E-state index < -0.39 is 9.84 Å². The number of sulfone groups is 1. The molecule has 108 valence electrons. The molecule has 0 atom stereocenters. The first-order valence-electron chi connectivity index (χ1n) is 6.50. The summed E-state index contributed by atoms with van der Waals surface area (Å²) in [6.45, 7) is 3.57. The second-order valence-electron chi connectivity index (χ2n) is 5.04. The van der Waals surface area contributed by atoms with Gasteiger partial charge in [-0.15, -0.1) is 0 Å². The largest absolute Gasteiger partial charge is 0.358 e. The lowest BCUT2D eigenvalue weighted by atomic mass is 10.2. The summed E-state index contributed by atoms with van der Waals surface area (Å²) in [5.74, 6) is 0. The number of hydrogen-bond acceptors (Lipinski definition) is 2. The number of halogens is 1. The van der Waals surface area contributed by atoms with Gasteiger partial charge in [0.1, 0.15) is 0 Å². The number of aromatic amines is 1. The molecule has 0 fully saturated rings. The van der Waals surface area contributed by atoms with Crippen LogP contribution in [0.5, 0.6) is 0 Å². The molecule has 0 radical (unpaired) electrons. The van der Waals surface area contributed by atoms with Crippen molar-refractivity contribution in [3.63, 3.8) is 0 Å². The molecule has 0 saturated heterocycles. The molecule has 0 amide bonds. The molecule has 1 heterocycles. The molecule has 0 aliphatic carbocycles. The van der Waals surface area contributed by atoms with Gasteiger partial charge in [-0.1, -0.05) is 29.8 Å². The highest BCUT2D eigenvalue weighted by Gasteiger charge is 2.24. The topological polar surface area (TPSA) is 49.9 Å². The van der Waals surface area contributed by atoms with Crippen LogP contribution in [0.3, 0.4) is 0 Å². The maximum Gasteiger partial charge on any atom is 0.208 e. The molecule has 0 saturated carbocycles. The highest BCUT2D eigenvalue weighted by atomic mass is 35.5. The monoisotopic (exact) mass is 319 g/mol. The van der Waals surface area contributed by atoms with Crippen LogP contribution in [-0.4, -0.2) is 13.4 Å². The van der Waals surface area contributed by atoms with Crippen molar-refractivity contribution in [2.45, 2.75) is 23.6 Å². The quantitative estimate of drug-likeness (QED) is 0.766. The Kier molecular flexibility index (Phi) is 3.30. The number of H-pyrrole nitrogens is 1. The molecular formula is C16H14ClNO2S.